The molecule has 90 valence electrons. The first-order chi connectivity index (χ1) is 6.49. The lowest BCUT2D eigenvalue weighted by molar-refractivity contribution is -0.0386. The number of hydrogen-bond donors (Lipinski definition) is 1. The van der Waals surface area contributed by atoms with Crippen molar-refractivity contribution in [3.8, 4) is 0 Å². The average molecular weight is 236 g/mol. The fourth-order valence-corrected chi connectivity index (χ4v) is 2.48. The van der Waals surface area contributed by atoms with Crippen LogP contribution in [0.2, 0.25) is 0 Å². The van der Waals surface area contributed by atoms with Gasteiger partial charge in [-0.2, -0.15) is 0 Å². The summed E-state index contributed by atoms with van der Waals surface area (Å²) in [5, 5.41) is 3.53. The van der Waals surface area contributed by atoms with E-state index in [9.17, 15) is 0 Å². The van der Waals surface area contributed by atoms with E-state index in [4.69, 9.17) is 9.47 Å². The van der Waals surface area contributed by atoms with Gasteiger partial charge >= 0.3 is 0 Å². The summed E-state index contributed by atoms with van der Waals surface area (Å²) in [6.45, 7) is 8.19. The number of ether oxygens (including phenoxy) is 2. The van der Waals surface area contributed by atoms with E-state index < -0.39 is 0 Å². The topological polar surface area (TPSA) is 30.5 Å². The van der Waals surface area contributed by atoms with E-state index in [0.717, 1.165) is 19.6 Å². The third kappa shape index (κ3) is 3.31. The monoisotopic (exact) mass is 235 g/mol. The van der Waals surface area contributed by atoms with E-state index in [1.54, 1.807) is 0 Å². The summed E-state index contributed by atoms with van der Waals surface area (Å²) >= 11 is 0. The minimum atomic E-state index is -0.182. The molecule has 4 heteroatoms. The zero-order valence-corrected chi connectivity index (χ0v) is 10.7. The smallest absolute Gasteiger partial charge is 0.119 e. The third-order valence-corrected chi connectivity index (χ3v) is 3.00. The molecule has 3 nitrogen and oxygen atoms in total. The van der Waals surface area contributed by atoms with Gasteiger partial charge in [0, 0.05) is 18.6 Å². The molecule has 2 heterocycles. The van der Waals surface area contributed by atoms with Crippen LogP contribution in [0.25, 0.3) is 0 Å². The molecule has 0 aliphatic carbocycles. The van der Waals surface area contributed by atoms with Crippen LogP contribution in [-0.4, -0.2) is 30.6 Å². The lowest BCUT2D eigenvalue weighted by Crippen LogP contribution is -2.48. The van der Waals surface area contributed by atoms with Crippen LogP contribution in [0.15, 0.2) is 0 Å². The Hall–Kier alpha value is 0.170. The molecule has 2 rings (SSSR count). The molecular formula is C11H22ClNO2. The van der Waals surface area contributed by atoms with Gasteiger partial charge in [0.1, 0.15) is 5.72 Å². The summed E-state index contributed by atoms with van der Waals surface area (Å²) in [5.74, 6) is 0. The largest absolute Gasteiger partial charge is 0.378 e. The molecule has 0 amide bonds. The van der Waals surface area contributed by atoms with Gasteiger partial charge in [-0.05, 0) is 33.6 Å². The number of hydrogen-bond acceptors (Lipinski definition) is 3. The summed E-state index contributed by atoms with van der Waals surface area (Å²) in [6.07, 6.45) is 3.74. The molecule has 2 aliphatic heterocycles. The Balaban J connectivity index is 0.00000112. The number of nitrogens with one attached hydrogen (secondary N) is 1. The molecule has 2 atom stereocenters. The third-order valence-electron chi connectivity index (χ3n) is 3.00. The lowest BCUT2D eigenvalue weighted by Gasteiger charge is -2.28. The second kappa shape index (κ2) is 4.58. The van der Waals surface area contributed by atoms with E-state index >= 15 is 0 Å². The molecule has 2 unspecified atom stereocenters. The van der Waals surface area contributed by atoms with E-state index in [-0.39, 0.29) is 23.7 Å². The highest BCUT2D eigenvalue weighted by atomic mass is 35.5. The van der Waals surface area contributed by atoms with Crippen molar-refractivity contribution >= 4 is 12.4 Å². The van der Waals surface area contributed by atoms with Gasteiger partial charge in [-0.25, -0.2) is 0 Å². The van der Waals surface area contributed by atoms with Crippen LogP contribution in [0, 0.1) is 0 Å². The molecule has 0 saturated carbocycles. The van der Waals surface area contributed by atoms with Crippen LogP contribution in [0.4, 0.5) is 0 Å². The molecule has 2 aliphatic rings. The van der Waals surface area contributed by atoms with Gasteiger partial charge in [0.05, 0.1) is 12.7 Å². The van der Waals surface area contributed by atoms with Crippen molar-refractivity contribution in [1.82, 2.24) is 5.32 Å². The summed E-state index contributed by atoms with van der Waals surface area (Å²) < 4.78 is 11.5. The van der Waals surface area contributed by atoms with Crippen molar-refractivity contribution in [2.45, 2.75) is 57.4 Å². The second-order valence-electron chi connectivity index (χ2n) is 5.37. The fourth-order valence-electron chi connectivity index (χ4n) is 2.48. The quantitative estimate of drug-likeness (QED) is 0.795. The van der Waals surface area contributed by atoms with Crippen molar-refractivity contribution in [3.05, 3.63) is 0 Å². The molecule has 0 bridgehead atoms. The van der Waals surface area contributed by atoms with E-state index in [1.807, 2.05) is 0 Å². The lowest BCUT2D eigenvalue weighted by atomic mass is 10.0. The standard InChI is InChI=1S/C11H21NO2.ClH/c1-10(2)8-14-11(3,12-10)7-9-5-4-6-13-9;/h9,12H,4-8H2,1-3H3;1H. The van der Waals surface area contributed by atoms with Crippen LogP contribution >= 0.6 is 12.4 Å². The number of rotatable bonds is 2. The SMILES string of the molecule is CC1(C)COC(C)(CC2CCCO2)N1.Cl. The van der Waals surface area contributed by atoms with Gasteiger partial charge < -0.3 is 9.47 Å². The molecule has 0 radical (unpaired) electrons. The maximum Gasteiger partial charge on any atom is 0.119 e. The Kier molecular flexibility index (Phi) is 4.04. The van der Waals surface area contributed by atoms with Gasteiger partial charge in [-0.15, -0.1) is 12.4 Å². The van der Waals surface area contributed by atoms with E-state index in [0.29, 0.717) is 6.10 Å². The van der Waals surface area contributed by atoms with Gasteiger partial charge in [-0.1, -0.05) is 0 Å². The minimum absolute atomic E-state index is 0. The molecule has 2 fully saturated rings. The maximum atomic E-state index is 5.83. The van der Waals surface area contributed by atoms with Crippen molar-refractivity contribution < 1.29 is 9.47 Å². The minimum Gasteiger partial charge on any atom is -0.378 e. The predicted molar refractivity (Wildman–Crippen MR) is 62.4 cm³/mol. The van der Waals surface area contributed by atoms with Crippen molar-refractivity contribution in [2.75, 3.05) is 13.2 Å². The Morgan fingerprint density at radius 2 is 2.07 bits per heavy atom. The zero-order chi connectivity index (χ0) is 10.2. The highest BCUT2D eigenvalue weighted by Crippen LogP contribution is 2.30. The van der Waals surface area contributed by atoms with Crippen LogP contribution < -0.4 is 5.32 Å². The number of halogens is 1. The first-order valence-corrected chi connectivity index (χ1v) is 5.54. The van der Waals surface area contributed by atoms with Crippen molar-refractivity contribution in [2.24, 2.45) is 0 Å². The first-order valence-electron chi connectivity index (χ1n) is 5.54. The molecule has 0 spiro atoms. The van der Waals surface area contributed by atoms with Crippen molar-refractivity contribution in [3.63, 3.8) is 0 Å². The summed E-state index contributed by atoms with van der Waals surface area (Å²) in [5.41, 5.74) is -0.0775. The molecule has 15 heavy (non-hydrogen) atoms. The Labute approximate surface area is 98.3 Å². The molecule has 1 N–H and O–H groups in total. The van der Waals surface area contributed by atoms with Crippen molar-refractivity contribution in [1.29, 1.82) is 0 Å². The van der Waals surface area contributed by atoms with Crippen LogP contribution in [0.5, 0.6) is 0 Å². The first kappa shape index (κ1) is 13.2. The summed E-state index contributed by atoms with van der Waals surface area (Å²) in [7, 11) is 0. The molecule has 2 saturated heterocycles. The maximum absolute atomic E-state index is 5.83. The summed E-state index contributed by atoms with van der Waals surface area (Å²) in [4.78, 5) is 0. The van der Waals surface area contributed by atoms with E-state index in [2.05, 4.69) is 26.1 Å². The van der Waals surface area contributed by atoms with Gasteiger partial charge in [0.15, 0.2) is 0 Å². The molecular weight excluding hydrogens is 214 g/mol. The van der Waals surface area contributed by atoms with Gasteiger partial charge in [-0.3, -0.25) is 5.32 Å². The summed E-state index contributed by atoms with van der Waals surface area (Å²) in [6, 6.07) is 0. The molecule has 0 aromatic carbocycles. The van der Waals surface area contributed by atoms with E-state index in [1.165, 1.54) is 12.8 Å². The molecule has 0 aromatic rings. The second-order valence-corrected chi connectivity index (χ2v) is 5.37. The van der Waals surface area contributed by atoms with Crippen LogP contribution in [0.1, 0.15) is 40.0 Å². The van der Waals surface area contributed by atoms with Gasteiger partial charge in [0.2, 0.25) is 0 Å². The Bertz CT molecular complexity index is 217. The highest BCUT2D eigenvalue weighted by Gasteiger charge is 2.41. The van der Waals surface area contributed by atoms with Crippen LogP contribution in [0.3, 0.4) is 0 Å². The highest BCUT2D eigenvalue weighted by molar-refractivity contribution is 5.85. The van der Waals surface area contributed by atoms with Crippen LogP contribution in [-0.2, 0) is 9.47 Å². The zero-order valence-electron chi connectivity index (χ0n) is 9.84. The molecule has 0 aromatic heterocycles. The average Bonchev–Trinajstić information content (AvgIpc) is 2.60. The normalized spacial score (nSPS) is 39.0. The Morgan fingerprint density at radius 3 is 2.53 bits per heavy atom. The Morgan fingerprint density at radius 1 is 1.33 bits per heavy atom. The predicted octanol–water partition coefficient (Wildman–Crippen LogP) is 2.09. The fraction of sp³-hybridized carbons (Fsp3) is 1.00. The van der Waals surface area contributed by atoms with Gasteiger partial charge in [0.25, 0.3) is 0 Å².